The van der Waals surface area contributed by atoms with Gasteiger partial charge in [-0.05, 0) is 43.7 Å². The third-order valence-corrected chi connectivity index (χ3v) is 6.40. The molecule has 0 aromatic carbocycles. The zero-order valence-electron chi connectivity index (χ0n) is 16.4. The molecule has 2 aliphatic heterocycles. The third kappa shape index (κ3) is 3.57. The molecule has 1 aromatic heterocycles. The van der Waals surface area contributed by atoms with Crippen molar-refractivity contribution in [3.05, 3.63) is 18.3 Å². The van der Waals surface area contributed by atoms with Crippen molar-refractivity contribution in [2.75, 3.05) is 57.9 Å². The highest BCUT2D eigenvalue weighted by molar-refractivity contribution is 5.68. The fraction of sp³-hybridized carbons (Fsp3) is 0.700. The quantitative estimate of drug-likeness (QED) is 0.806. The van der Waals surface area contributed by atoms with Crippen LogP contribution in [0.25, 0.3) is 0 Å². The molecule has 0 unspecified atom stereocenters. The maximum Gasteiger partial charge on any atom is 0.409 e. The number of piperazine rings is 1. The summed E-state index contributed by atoms with van der Waals surface area (Å²) in [6.07, 6.45) is 5.21. The second-order valence-corrected chi connectivity index (χ2v) is 7.98. The molecule has 0 N–H and O–H groups in total. The van der Waals surface area contributed by atoms with Crippen molar-refractivity contribution in [1.29, 1.82) is 0 Å². The third-order valence-electron chi connectivity index (χ3n) is 6.40. The van der Waals surface area contributed by atoms with E-state index in [-0.39, 0.29) is 6.09 Å². The van der Waals surface area contributed by atoms with Gasteiger partial charge in [0.15, 0.2) is 11.6 Å². The number of methoxy groups -OCH3 is 1. The highest BCUT2D eigenvalue weighted by atomic mass is 16.6. The summed E-state index contributed by atoms with van der Waals surface area (Å²) in [7, 11) is 1.70. The van der Waals surface area contributed by atoms with E-state index >= 15 is 0 Å². The monoisotopic (exact) mass is 374 g/mol. The fourth-order valence-corrected chi connectivity index (χ4v) is 4.91. The van der Waals surface area contributed by atoms with Crippen molar-refractivity contribution in [1.82, 2.24) is 14.8 Å². The molecule has 2 saturated heterocycles. The maximum absolute atomic E-state index is 12.0. The molecule has 0 radical (unpaired) electrons. The van der Waals surface area contributed by atoms with Crippen LogP contribution in [-0.4, -0.2) is 79.9 Å². The number of rotatable bonds is 4. The van der Waals surface area contributed by atoms with Crippen molar-refractivity contribution in [3.63, 3.8) is 0 Å². The molecule has 1 saturated carbocycles. The Balaban J connectivity index is 1.27. The zero-order valence-corrected chi connectivity index (χ0v) is 16.4. The van der Waals surface area contributed by atoms with E-state index in [0.29, 0.717) is 18.1 Å². The standard InChI is InChI=1S/C20H30N4O3/c1-3-27-19(25)24-8-6-20(15-24)13-16(14-20)22-9-11-23(12-10-22)18-17(26-2)5-4-7-21-18/h4-5,7,16H,3,6,8-15H2,1-2H3. The van der Waals surface area contributed by atoms with Crippen LogP contribution in [0.1, 0.15) is 26.2 Å². The number of carbonyl (C=O) groups excluding carboxylic acids is 1. The molecule has 4 rings (SSSR count). The van der Waals surface area contributed by atoms with Crippen LogP contribution in [0.4, 0.5) is 10.6 Å². The van der Waals surface area contributed by atoms with E-state index in [4.69, 9.17) is 9.47 Å². The first-order valence-electron chi connectivity index (χ1n) is 10.0. The van der Waals surface area contributed by atoms with E-state index in [2.05, 4.69) is 14.8 Å². The topological polar surface area (TPSA) is 58.1 Å². The number of ether oxygens (including phenoxy) is 2. The number of hydrogen-bond donors (Lipinski definition) is 0. The average Bonchev–Trinajstić information content (AvgIpc) is 3.13. The summed E-state index contributed by atoms with van der Waals surface area (Å²) in [5.74, 6) is 1.80. The number of nitrogens with zero attached hydrogens (tertiary/aromatic N) is 4. The van der Waals surface area contributed by atoms with E-state index < -0.39 is 0 Å². The highest BCUT2D eigenvalue weighted by Crippen LogP contribution is 2.50. The van der Waals surface area contributed by atoms with Crippen molar-refractivity contribution >= 4 is 11.9 Å². The molecule has 1 spiro atoms. The molecule has 3 heterocycles. The highest BCUT2D eigenvalue weighted by Gasteiger charge is 2.51. The molecular weight excluding hydrogens is 344 g/mol. The van der Waals surface area contributed by atoms with E-state index in [1.165, 1.54) is 12.8 Å². The summed E-state index contributed by atoms with van der Waals surface area (Å²) >= 11 is 0. The van der Waals surface area contributed by atoms with Gasteiger partial charge >= 0.3 is 6.09 Å². The van der Waals surface area contributed by atoms with Crippen LogP contribution in [0.5, 0.6) is 5.75 Å². The van der Waals surface area contributed by atoms with E-state index in [1.807, 2.05) is 30.2 Å². The van der Waals surface area contributed by atoms with Gasteiger partial charge in [0.25, 0.3) is 0 Å². The van der Waals surface area contributed by atoms with Gasteiger partial charge in [0.05, 0.1) is 13.7 Å². The average molecular weight is 374 g/mol. The minimum absolute atomic E-state index is 0.143. The van der Waals surface area contributed by atoms with Gasteiger partial charge in [-0.3, -0.25) is 4.90 Å². The molecule has 7 heteroatoms. The predicted octanol–water partition coefficient (Wildman–Crippen LogP) is 2.22. The van der Waals surface area contributed by atoms with E-state index in [1.54, 1.807) is 7.11 Å². The number of aromatic nitrogens is 1. The Morgan fingerprint density at radius 1 is 1.26 bits per heavy atom. The van der Waals surface area contributed by atoms with Crippen LogP contribution >= 0.6 is 0 Å². The van der Waals surface area contributed by atoms with Crippen LogP contribution < -0.4 is 9.64 Å². The Bertz CT molecular complexity index is 669. The van der Waals surface area contributed by atoms with Crippen LogP contribution in [0.15, 0.2) is 18.3 Å². The molecule has 7 nitrogen and oxygen atoms in total. The van der Waals surface area contributed by atoms with Crippen LogP contribution in [0, 0.1) is 5.41 Å². The van der Waals surface area contributed by atoms with Crippen molar-refractivity contribution in [2.45, 2.75) is 32.2 Å². The zero-order chi connectivity index (χ0) is 18.9. The van der Waals surface area contributed by atoms with E-state index in [9.17, 15) is 4.79 Å². The van der Waals surface area contributed by atoms with Gasteiger partial charge in [0.2, 0.25) is 0 Å². The van der Waals surface area contributed by atoms with Gasteiger partial charge < -0.3 is 19.3 Å². The lowest BCUT2D eigenvalue weighted by molar-refractivity contribution is 0.00382. The number of pyridine rings is 1. The van der Waals surface area contributed by atoms with Gasteiger partial charge in [-0.1, -0.05) is 0 Å². The first-order valence-corrected chi connectivity index (χ1v) is 10.0. The number of likely N-dealkylation sites (tertiary alicyclic amines) is 1. The molecule has 27 heavy (non-hydrogen) atoms. The summed E-state index contributed by atoms with van der Waals surface area (Å²) in [4.78, 5) is 23.3. The number of hydrogen-bond acceptors (Lipinski definition) is 6. The SMILES string of the molecule is CCOC(=O)N1CCC2(CC(N3CCN(c4ncccc4OC)CC3)C2)C1. The molecule has 0 atom stereocenters. The van der Waals surface area contributed by atoms with Gasteiger partial charge in [0.1, 0.15) is 0 Å². The number of anilines is 1. The first kappa shape index (κ1) is 18.3. The number of carbonyl (C=O) groups is 1. The van der Waals surface area contributed by atoms with E-state index in [0.717, 1.165) is 57.3 Å². The van der Waals surface area contributed by atoms with Crippen LogP contribution in [0.3, 0.4) is 0 Å². The Morgan fingerprint density at radius 2 is 2.04 bits per heavy atom. The van der Waals surface area contributed by atoms with Crippen molar-refractivity contribution in [2.24, 2.45) is 5.41 Å². The van der Waals surface area contributed by atoms with Gasteiger partial charge in [-0.2, -0.15) is 0 Å². The van der Waals surface area contributed by atoms with Crippen LogP contribution in [0.2, 0.25) is 0 Å². The Morgan fingerprint density at radius 3 is 2.74 bits per heavy atom. The van der Waals surface area contributed by atoms with Gasteiger partial charge in [-0.25, -0.2) is 9.78 Å². The molecule has 3 fully saturated rings. The molecule has 3 aliphatic rings. The molecule has 1 aromatic rings. The molecule has 0 bridgehead atoms. The Hall–Kier alpha value is -2.02. The lowest BCUT2D eigenvalue weighted by atomic mass is 9.64. The molecular formula is C20H30N4O3. The molecule has 1 amide bonds. The first-order chi connectivity index (χ1) is 13.1. The second-order valence-electron chi connectivity index (χ2n) is 7.98. The normalized spacial score (nSPS) is 28.3. The van der Waals surface area contributed by atoms with Gasteiger partial charge in [-0.15, -0.1) is 0 Å². The van der Waals surface area contributed by atoms with Crippen molar-refractivity contribution < 1.29 is 14.3 Å². The maximum atomic E-state index is 12.0. The van der Waals surface area contributed by atoms with Crippen LogP contribution in [-0.2, 0) is 4.74 Å². The Labute approximate surface area is 161 Å². The van der Waals surface area contributed by atoms with Crippen molar-refractivity contribution in [3.8, 4) is 5.75 Å². The lowest BCUT2D eigenvalue weighted by Gasteiger charge is -2.52. The number of amides is 1. The summed E-state index contributed by atoms with van der Waals surface area (Å²) in [6, 6.07) is 4.54. The predicted molar refractivity (Wildman–Crippen MR) is 103 cm³/mol. The smallest absolute Gasteiger partial charge is 0.409 e. The summed E-state index contributed by atoms with van der Waals surface area (Å²) in [5.41, 5.74) is 0.332. The summed E-state index contributed by atoms with van der Waals surface area (Å²) in [6.45, 7) is 8.10. The fourth-order valence-electron chi connectivity index (χ4n) is 4.91. The molecule has 148 valence electrons. The Kier molecular flexibility index (Phi) is 5.12. The largest absolute Gasteiger partial charge is 0.493 e. The summed E-state index contributed by atoms with van der Waals surface area (Å²) < 4.78 is 10.6. The minimum Gasteiger partial charge on any atom is -0.493 e. The lowest BCUT2D eigenvalue weighted by Crippen LogP contribution is -2.57. The molecule has 1 aliphatic carbocycles. The summed E-state index contributed by atoms with van der Waals surface area (Å²) in [5, 5.41) is 0. The minimum atomic E-state index is -0.143. The second kappa shape index (κ2) is 7.54. The van der Waals surface area contributed by atoms with Gasteiger partial charge in [0, 0.05) is 51.5 Å².